The summed E-state index contributed by atoms with van der Waals surface area (Å²) in [5.74, 6) is -0.345. The quantitative estimate of drug-likeness (QED) is 0.574. The average molecular weight is 203 g/mol. The van der Waals surface area contributed by atoms with Gasteiger partial charge in [-0.2, -0.15) is 0 Å². The summed E-state index contributed by atoms with van der Waals surface area (Å²) in [6.45, 7) is 2.46. The first kappa shape index (κ1) is 11.4. The number of carbonyl (C=O) groups is 1. The molecule has 0 aromatic rings. The molecule has 3 atom stereocenters. The van der Waals surface area contributed by atoms with Crippen LogP contribution in [0.25, 0.3) is 0 Å². The minimum Gasteiger partial charge on any atom is -0.468 e. The van der Waals surface area contributed by atoms with E-state index in [0.717, 1.165) is 0 Å². The second kappa shape index (κ2) is 4.72. The van der Waals surface area contributed by atoms with Crippen LogP contribution < -0.4 is 0 Å². The number of aliphatic hydroxyl groups excluding tert-OH is 2. The van der Waals surface area contributed by atoms with Crippen LogP contribution in [0.1, 0.15) is 13.3 Å². The predicted molar refractivity (Wildman–Crippen MR) is 49.7 cm³/mol. The van der Waals surface area contributed by atoms with E-state index in [2.05, 4.69) is 4.74 Å². The minimum absolute atomic E-state index is 0.345. The number of ether oxygens (including phenoxy) is 1. The Labute approximate surface area is 83.3 Å². The van der Waals surface area contributed by atoms with Crippen molar-refractivity contribution in [3.8, 4) is 0 Å². The summed E-state index contributed by atoms with van der Waals surface area (Å²) in [7, 11) is 1.33. The van der Waals surface area contributed by atoms with Crippen molar-refractivity contribution in [2.45, 2.75) is 31.6 Å². The van der Waals surface area contributed by atoms with Gasteiger partial charge in [0.05, 0.1) is 19.3 Å². The number of hydrogen-bond donors (Lipinski definition) is 2. The first-order valence-corrected chi connectivity index (χ1v) is 4.72. The second-order valence-corrected chi connectivity index (χ2v) is 3.73. The van der Waals surface area contributed by atoms with Crippen molar-refractivity contribution in [3.05, 3.63) is 0 Å². The number of likely N-dealkylation sites (tertiary alicyclic amines) is 1. The molecule has 1 aliphatic heterocycles. The first-order valence-electron chi connectivity index (χ1n) is 4.72. The van der Waals surface area contributed by atoms with Gasteiger partial charge in [-0.1, -0.05) is 0 Å². The average Bonchev–Trinajstić information content (AvgIpc) is 2.44. The number of esters is 1. The Morgan fingerprint density at radius 2 is 2.36 bits per heavy atom. The molecule has 82 valence electrons. The van der Waals surface area contributed by atoms with Crippen LogP contribution in [0, 0.1) is 0 Å². The Morgan fingerprint density at radius 3 is 2.86 bits per heavy atom. The van der Waals surface area contributed by atoms with Gasteiger partial charge < -0.3 is 14.9 Å². The lowest BCUT2D eigenvalue weighted by Crippen LogP contribution is -2.40. The van der Waals surface area contributed by atoms with Crippen LogP contribution in [0.5, 0.6) is 0 Å². The van der Waals surface area contributed by atoms with Gasteiger partial charge in [-0.05, 0) is 6.92 Å². The van der Waals surface area contributed by atoms with Gasteiger partial charge in [-0.25, -0.2) is 0 Å². The van der Waals surface area contributed by atoms with E-state index in [9.17, 15) is 15.0 Å². The van der Waals surface area contributed by atoms with Crippen LogP contribution in [0.15, 0.2) is 0 Å². The molecule has 1 fully saturated rings. The third-order valence-electron chi connectivity index (χ3n) is 2.35. The number of nitrogens with zero attached hydrogens (tertiary/aromatic N) is 1. The molecule has 2 N–H and O–H groups in total. The number of rotatable bonds is 3. The maximum atomic E-state index is 11.3. The van der Waals surface area contributed by atoms with Crippen molar-refractivity contribution in [1.29, 1.82) is 0 Å². The van der Waals surface area contributed by atoms with Crippen LogP contribution in [0.4, 0.5) is 0 Å². The molecule has 14 heavy (non-hydrogen) atoms. The van der Waals surface area contributed by atoms with Crippen molar-refractivity contribution in [2.24, 2.45) is 0 Å². The van der Waals surface area contributed by atoms with Crippen LogP contribution in [0.3, 0.4) is 0 Å². The summed E-state index contributed by atoms with van der Waals surface area (Å²) in [5.41, 5.74) is 0. The lowest BCUT2D eigenvalue weighted by Gasteiger charge is -2.22. The van der Waals surface area contributed by atoms with Gasteiger partial charge in [0, 0.05) is 19.5 Å². The topological polar surface area (TPSA) is 70.0 Å². The van der Waals surface area contributed by atoms with E-state index < -0.39 is 18.2 Å². The fourth-order valence-electron chi connectivity index (χ4n) is 1.80. The van der Waals surface area contributed by atoms with E-state index in [1.807, 2.05) is 0 Å². The highest BCUT2D eigenvalue weighted by Crippen LogP contribution is 2.18. The zero-order valence-electron chi connectivity index (χ0n) is 8.51. The number of aliphatic hydroxyl groups is 2. The molecule has 5 heteroatoms. The molecule has 0 amide bonds. The summed E-state index contributed by atoms with van der Waals surface area (Å²) in [6, 6.07) is -0.412. The van der Waals surface area contributed by atoms with E-state index in [0.29, 0.717) is 19.5 Å². The highest BCUT2D eigenvalue weighted by Gasteiger charge is 2.36. The van der Waals surface area contributed by atoms with Gasteiger partial charge in [-0.15, -0.1) is 0 Å². The molecule has 5 nitrogen and oxygen atoms in total. The van der Waals surface area contributed by atoms with E-state index >= 15 is 0 Å². The Balaban J connectivity index is 2.58. The van der Waals surface area contributed by atoms with Gasteiger partial charge in [0.15, 0.2) is 0 Å². The summed E-state index contributed by atoms with van der Waals surface area (Å²) < 4.78 is 4.62. The largest absolute Gasteiger partial charge is 0.468 e. The number of methoxy groups -OCH3 is 1. The van der Waals surface area contributed by atoms with Crippen molar-refractivity contribution in [2.75, 3.05) is 20.2 Å². The minimum atomic E-state index is -0.507. The Hall–Kier alpha value is -0.650. The van der Waals surface area contributed by atoms with Crippen LogP contribution >= 0.6 is 0 Å². The van der Waals surface area contributed by atoms with Crippen LogP contribution in [-0.4, -0.2) is 59.5 Å². The zero-order valence-corrected chi connectivity index (χ0v) is 8.51. The number of β-amino-alcohol motifs (C(OH)–C–C–N with tert-alkyl or cyclic N) is 2. The normalized spacial score (nSPS) is 30.3. The predicted octanol–water partition coefficient (Wildman–Crippen LogP) is -1.02. The SMILES string of the molecule is COC(=O)C1CC(O)CN1CC(C)O. The van der Waals surface area contributed by atoms with Crippen molar-refractivity contribution >= 4 is 5.97 Å². The van der Waals surface area contributed by atoms with Gasteiger partial charge in [0.2, 0.25) is 0 Å². The summed E-state index contributed by atoms with van der Waals surface area (Å²) in [5, 5.41) is 18.6. The van der Waals surface area contributed by atoms with Gasteiger partial charge >= 0.3 is 5.97 Å². The van der Waals surface area contributed by atoms with E-state index in [-0.39, 0.29) is 5.97 Å². The molecule has 0 aliphatic carbocycles. The molecule has 0 aromatic heterocycles. The molecule has 0 saturated carbocycles. The Morgan fingerprint density at radius 1 is 1.71 bits per heavy atom. The molecule has 3 unspecified atom stereocenters. The molecular weight excluding hydrogens is 186 g/mol. The van der Waals surface area contributed by atoms with E-state index in [1.165, 1.54) is 7.11 Å². The maximum absolute atomic E-state index is 11.3. The fourth-order valence-corrected chi connectivity index (χ4v) is 1.80. The third kappa shape index (κ3) is 2.67. The summed E-state index contributed by atoms with van der Waals surface area (Å²) >= 11 is 0. The smallest absolute Gasteiger partial charge is 0.323 e. The van der Waals surface area contributed by atoms with Crippen molar-refractivity contribution in [3.63, 3.8) is 0 Å². The Kier molecular flexibility index (Phi) is 3.86. The maximum Gasteiger partial charge on any atom is 0.323 e. The second-order valence-electron chi connectivity index (χ2n) is 3.73. The van der Waals surface area contributed by atoms with Gasteiger partial charge in [0.25, 0.3) is 0 Å². The molecule has 1 rings (SSSR count). The monoisotopic (exact) mass is 203 g/mol. The molecule has 1 heterocycles. The first-order chi connectivity index (χ1) is 6.54. The lowest BCUT2D eigenvalue weighted by molar-refractivity contribution is -0.146. The zero-order chi connectivity index (χ0) is 10.7. The molecule has 1 saturated heterocycles. The van der Waals surface area contributed by atoms with E-state index in [4.69, 9.17) is 0 Å². The molecule has 0 spiro atoms. The molecule has 0 aromatic carbocycles. The summed E-state index contributed by atoms with van der Waals surface area (Å²) in [4.78, 5) is 13.0. The van der Waals surface area contributed by atoms with Crippen molar-refractivity contribution in [1.82, 2.24) is 4.90 Å². The highest BCUT2D eigenvalue weighted by molar-refractivity contribution is 5.76. The van der Waals surface area contributed by atoms with Crippen LogP contribution in [-0.2, 0) is 9.53 Å². The third-order valence-corrected chi connectivity index (χ3v) is 2.35. The van der Waals surface area contributed by atoms with E-state index in [1.54, 1.807) is 11.8 Å². The fraction of sp³-hybridized carbons (Fsp3) is 0.889. The van der Waals surface area contributed by atoms with Crippen molar-refractivity contribution < 1.29 is 19.7 Å². The standard InChI is InChI=1S/C9H17NO4/c1-6(11)4-10-5-7(12)3-8(10)9(13)14-2/h6-8,11-12H,3-5H2,1-2H3. The highest BCUT2D eigenvalue weighted by atomic mass is 16.5. The molecule has 0 bridgehead atoms. The summed E-state index contributed by atoms with van der Waals surface area (Å²) in [6.07, 6.45) is -0.621. The number of carbonyl (C=O) groups excluding carboxylic acids is 1. The van der Waals surface area contributed by atoms with Crippen LogP contribution in [0.2, 0.25) is 0 Å². The molecule has 1 aliphatic rings. The molecule has 0 radical (unpaired) electrons. The molecular formula is C9H17NO4. The Bertz CT molecular complexity index is 207. The number of hydrogen-bond acceptors (Lipinski definition) is 5. The van der Waals surface area contributed by atoms with Gasteiger partial charge in [0.1, 0.15) is 6.04 Å². The lowest BCUT2D eigenvalue weighted by atomic mass is 10.2. The van der Waals surface area contributed by atoms with Gasteiger partial charge in [-0.3, -0.25) is 9.69 Å².